The zero-order valence-corrected chi connectivity index (χ0v) is 8.57. The molecule has 0 aliphatic rings. The van der Waals surface area contributed by atoms with Crippen LogP contribution in [0.3, 0.4) is 0 Å². The molecule has 0 aromatic heterocycles. The molecule has 1 radical (unpaired) electrons. The summed E-state index contributed by atoms with van der Waals surface area (Å²) >= 11 is 0. The van der Waals surface area contributed by atoms with Crippen molar-refractivity contribution in [2.75, 3.05) is 0 Å². The standard InChI is InChI=1S/C12H23/c1-4-6-8-10-12(3)11-9-7-5-2/h1,3-11H2,2H3. The second kappa shape index (κ2) is 8.83. The minimum absolute atomic E-state index is 1.07. The maximum absolute atomic E-state index is 4.08. The van der Waals surface area contributed by atoms with Crippen molar-refractivity contribution in [2.45, 2.75) is 58.3 Å². The Kier molecular flexibility index (Phi) is 8.64. The molecule has 12 heavy (non-hydrogen) atoms. The van der Waals surface area contributed by atoms with Gasteiger partial charge < -0.3 is 0 Å². The van der Waals surface area contributed by atoms with Crippen LogP contribution in [0.2, 0.25) is 0 Å². The van der Waals surface area contributed by atoms with Crippen molar-refractivity contribution in [2.24, 2.45) is 0 Å². The van der Waals surface area contributed by atoms with Gasteiger partial charge in [0.05, 0.1) is 0 Å². The van der Waals surface area contributed by atoms with E-state index in [2.05, 4.69) is 20.4 Å². The van der Waals surface area contributed by atoms with Crippen LogP contribution in [-0.2, 0) is 0 Å². The van der Waals surface area contributed by atoms with E-state index in [1.165, 1.54) is 50.5 Å². The maximum atomic E-state index is 4.08. The molecule has 0 saturated carbocycles. The minimum Gasteiger partial charge on any atom is -0.0999 e. The number of hydrogen-bond acceptors (Lipinski definition) is 0. The third-order valence-electron chi connectivity index (χ3n) is 2.16. The highest BCUT2D eigenvalue weighted by Gasteiger charge is 1.94. The first-order valence-corrected chi connectivity index (χ1v) is 5.27. The van der Waals surface area contributed by atoms with Crippen LogP contribution in [0, 0.1) is 6.92 Å². The summed E-state index contributed by atoms with van der Waals surface area (Å²) in [6.45, 7) is 10.1. The number of allylic oxidation sites excluding steroid dienone is 1. The lowest BCUT2D eigenvalue weighted by atomic mass is 10.0. The molecule has 0 saturated heterocycles. The summed E-state index contributed by atoms with van der Waals surface area (Å²) in [4.78, 5) is 0. The van der Waals surface area contributed by atoms with Crippen molar-refractivity contribution in [3.63, 3.8) is 0 Å². The molecule has 0 spiro atoms. The summed E-state index contributed by atoms with van der Waals surface area (Å²) < 4.78 is 0. The molecule has 0 aromatic carbocycles. The van der Waals surface area contributed by atoms with E-state index in [4.69, 9.17) is 0 Å². The fourth-order valence-corrected chi connectivity index (χ4v) is 1.30. The first kappa shape index (κ1) is 11.7. The van der Waals surface area contributed by atoms with Gasteiger partial charge in [0, 0.05) is 0 Å². The van der Waals surface area contributed by atoms with Gasteiger partial charge in [0.25, 0.3) is 0 Å². The second-order valence-electron chi connectivity index (χ2n) is 3.52. The molecular weight excluding hydrogens is 144 g/mol. The highest BCUT2D eigenvalue weighted by atomic mass is 14.0. The first-order chi connectivity index (χ1) is 5.81. The largest absolute Gasteiger partial charge is 0.0999 e. The molecule has 0 N–H and O–H groups in total. The summed E-state index contributed by atoms with van der Waals surface area (Å²) in [7, 11) is 0. The lowest BCUT2D eigenvalue weighted by Crippen LogP contribution is -1.83. The van der Waals surface area contributed by atoms with Gasteiger partial charge in [-0.05, 0) is 25.7 Å². The number of unbranched alkanes of at least 4 members (excludes halogenated alkanes) is 4. The van der Waals surface area contributed by atoms with Crippen LogP contribution in [0.15, 0.2) is 12.2 Å². The maximum Gasteiger partial charge on any atom is -0.0323 e. The molecule has 0 fully saturated rings. The third kappa shape index (κ3) is 7.84. The summed E-state index contributed by atoms with van der Waals surface area (Å²) in [6, 6.07) is 0. The van der Waals surface area contributed by atoms with E-state index in [0.717, 1.165) is 6.42 Å². The molecule has 0 bridgehead atoms. The molecule has 0 aromatic rings. The van der Waals surface area contributed by atoms with Crippen molar-refractivity contribution in [3.8, 4) is 0 Å². The lowest BCUT2D eigenvalue weighted by Gasteiger charge is -2.03. The fourth-order valence-electron chi connectivity index (χ4n) is 1.30. The molecule has 0 heterocycles. The molecule has 0 aliphatic heterocycles. The van der Waals surface area contributed by atoms with E-state index >= 15 is 0 Å². The molecule has 0 nitrogen and oxygen atoms in total. The van der Waals surface area contributed by atoms with Gasteiger partial charge >= 0.3 is 0 Å². The molecule has 0 atom stereocenters. The Balaban J connectivity index is 3.10. The smallest absolute Gasteiger partial charge is 0.0323 e. The van der Waals surface area contributed by atoms with Gasteiger partial charge in [0.1, 0.15) is 0 Å². The van der Waals surface area contributed by atoms with Crippen LogP contribution in [0.5, 0.6) is 0 Å². The van der Waals surface area contributed by atoms with E-state index < -0.39 is 0 Å². The van der Waals surface area contributed by atoms with E-state index in [9.17, 15) is 0 Å². The normalized spacial score (nSPS) is 10.2. The van der Waals surface area contributed by atoms with Gasteiger partial charge in [-0.15, -0.1) is 0 Å². The van der Waals surface area contributed by atoms with E-state index in [1.807, 2.05) is 0 Å². The molecular formula is C12H23. The minimum atomic E-state index is 1.07. The van der Waals surface area contributed by atoms with Gasteiger partial charge in [0.15, 0.2) is 0 Å². The SMILES string of the molecule is [CH2]CCCCC(=C)CCCCC. The van der Waals surface area contributed by atoms with E-state index in [-0.39, 0.29) is 0 Å². The second-order valence-corrected chi connectivity index (χ2v) is 3.52. The van der Waals surface area contributed by atoms with Crippen LogP contribution < -0.4 is 0 Å². The average molecular weight is 167 g/mol. The summed E-state index contributed by atoms with van der Waals surface area (Å²) in [5.74, 6) is 0. The van der Waals surface area contributed by atoms with Crippen LogP contribution >= 0.6 is 0 Å². The van der Waals surface area contributed by atoms with E-state index in [0.29, 0.717) is 0 Å². The highest BCUT2D eigenvalue weighted by molar-refractivity contribution is 4.93. The topological polar surface area (TPSA) is 0 Å². The van der Waals surface area contributed by atoms with Crippen LogP contribution in [0.25, 0.3) is 0 Å². The van der Waals surface area contributed by atoms with Gasteiger partial charge in [-0.3, -0.25) is 0 Å². The molecule has 0 rings (SSSR count). The predicted molar refractivity (Wildman–Crippen MR) is 57.1 cm³/mol. The zero-order chi connectivity index (χ0) is 9.23. The Bertz CT molecular complexity index is 90.6. The van der Waals surface area contributed by atoms with Crippen LogP contribution in [0.1, 0.15) is 58.3 Å². The lowest BCUT2D eigenvalue weighted by molar-refractivity contribution is 0.669. The molecule has 0 heteroatoms. The quantitative estimate of drug-likeness (QED) is 0.368. The van der Waals surface area contributed by atoms with Gasteiger partial charge in [0.2, 0.25) is 0 Å². The van der Waals surface area contributed by atoms with Crippen LogP contribution in [0.4, 0.5) is 0 Å². The Labute approximate surface area is 78.1 Å². The molecule has 0 unspecified atom stereocenters. The van der Waals surface area contributed by atoms with Gasteiger partial charge in [-0.25, -0.2) is 0 Å². The van der Waals surface area contributed by atoms with Crippen LogP contribution in [-0.4, -0.2) is 0 Å². The van der Waals surface area contributed by atoms with Crippen molar-refractivity contribution in [3.05, 3.63) is 19.1 Å². The first-order valence-electron chi connectivity index (χ1n) is 5.27. The molecule has 71 valence electrons. The molecule has 0 amide bonds. The van der Waals surface area contributed by atoms with Gasteiger partial charge in [-0.1, -0.05) is 51.7 Å². The Hall–Kier alpha value is -0.260. The van der Waals surface area contributed by atoms with Crippen molar-refractivity contribution in [1.29, 1.82) is 0 Å². The highest BCUT2D eigenvalue weighted by Crippen LogP contribution is 2.13. The average Bonchev–Trinajstić information content (AvgIpc) is 2.06. The molecule has 0 aliphatic carbocycles. The summed E-state index contributed by atoms with van der Waals surface area (Å²) in [5.41, 5.74) is 1.44. The Morgan fingerprint density at radius 2 is 1.58 bits per heavy atom. The summed E-state index contributed by atoms with van der Waals surface area (Å²) in [6.07, 6.45) is 10.1. The zero-order valence-electron chi connectivity index (χ0n) is 8.57. The number of hydrogen-bond donors (Lipinski definition) is 0. The van der Waals surface area contributed by atoms with Gasteiger partial charge in [-0.2, -0.15) is 0 Å². The Morgan fingerprint density at radius 1 is 1.00 bits per heavy atom. The van der Waals surface area contributed by atoms with Crippen molar-refractivity contribution < 1.29 is 0 Å². The third-order valence-corrected chi connectivity index (χ3v) is 2.16. The van der Waals surface area contributed by atoms with E-state index in [1.54, 1.807) is 0 Å². The Morgan fingerprint density at radius 3 is 2.08 bits per heavy atom. The predicted octanol–water partition coefficient (Wildman–Crippen LogP) is 4.52. The van der Waals surface area contributed by atoms with Crippen molar-refractivity contribution >= 4 is 0 Å². The summed E-state index contributed by atoms with van der Waals surface area (Å²) in [5, 5.41) is 0. The monoisotopic (exact) mass is 167 g/mol. The number of rotatable bonds is 8. The fraction of sp³-hybridized carbons (Fsp3) is 0.750. The van der Waals surface area contributed by atoms with Crippen molar-refractivity contribution in [1.82, 2.24) is 0 Å².